The van der Waals surface area contributed by atoms with Crippen molar-refractivity contribution in [3.05, 3.63) is 33.4 Å². The summed E-state index contributed by atoms with van der Waals surface area (Å²) in [5.74, 6) is 1.58. The van der Waals surface area contributed by atoms with E-state index >= 15 is 0 Å². The summed E-state index contributed by atoms with van der Waals surface area (Å²) in [6, 6.07) is 3.90. The van der Waals surface area contributed by atoms with Gasteiger partial charge in [-0.3, -0.25) is 15.0 Å². The predicted octanol–water partition coefficient (Wildman–Crippen LogP) is 4.01. The molecule has 2 aliphatic heterocycles. The van der Waals surface area contributed by atoms with Gasteiger partial charge in [0.15, 0.2) is 6.79 Å². The Morgan fingerprint density at radius 1 is 1.16 bits per heavy atom. The van der Waals surface area contributed by atoms with E-state index in [0.29, 0.717) is 12.6 Å². The molecular formula is C19H26N2O4. The number of nitro groups is 1. The Kier molecular flexibility index (Phi) is 4.90. The smallest absolute Gasteiger partial charge is 0.270 e. The molecule has 136 valence electrons. The molecule has 6 nitrogen and oxygen atoms in total. The fourth-order valence-electron chi connectivity index (χ4n) is 4.82. The van der Waals surface area contributed by atoms with Gasteiger partial charge in [0.2, 0.25) is 0 Å². The van der Waals surface area contributed by atoms with Crippen molar-refractivity contribution < 1.29 is 14.4 Å². The van der Waals surface area contributed by atoms with E-state index in [0.717, 1.165) is 35.9 Å². The third kappa shape index (κ3) is 3.51. The maximum atomic E-state index is 11.3. The molecule has 6 heteroatoms. The van der Waals surface area contributed by atoms with E-state index in [1.54, 1.807) is 12.1 Å². The van der Waals surface area contributed by atoms with Gasteiger partial charge in [0.1, 0.15) is 5.75 Å². The quantitative estimate of drug-likeness (QED) is 0.609. The van der Waals surface area contributed by atoms with Crippen LogP contribution in [0.1, 0.15) is 56.1 Å². The molecule has 0 spiro atoms. The number of fused-ring (bicyclic) bond motifs is 1. The topological polar surface area (TPSA) is 64.8 Å². The van der Waals surface area contributed by atoms with Crippen LogP contribution in [-0.4, -0.2) is 29.2 Å². The molecule has 1 atom stereocenters. The Hall–Kier alpha value is -1.66. The number of ether oxygens (including phenoxy) is 2. The predicted molar refractivity (Wildman–Crippen MR) is 93.4 cm³/mol. The Balaban J connectivity index is 1.58. The van der Waals surface area contributed by atoms with Crippen LogP contribution in [0.25, 0.3) is 0 Å². The standard InChI is InChI=1S/C19H26N2O4/c22-21(23)17-9-15(19-16(10-17)12-24-13-25-19)11-20-8-4-7-18(20)14-5-2-1-3-6-14/h9-10,14,18H,1-8,11-13H2/t18-/m1/s1. The molecule has 0 radical (unpaired) electrons. The second-order valence-electron chi connectivity index (χ2n) is 7.54. The van der Waals surface area contributed by atoms with Gasteiger partial charge < -0.3 is 9.47 Å². The molecule has 0 amide bonds. The molecule has 1 saturated heterocycles. The fourth-order valence-corrected chi connectivity index (χ4v) is 4.82. The number of nitro benzene ring substituents is 1. The van der Waals surface area contributed by atoms with Crippen LogP contribution < -0.4 is 4.74 Å². The monoisotopic (exact) mass is 346 g/mol. The summed E-state index contributed by atoms with van der Waals surface area (Å²) < 4.78 is 11.0. The third-order valence-corrected chi connectivity index (χ3v) is 5.96. The summed E-state index contributed by atoms with van der Waals surface area (Å²) in [4.78, 5) is 13.5. The SMILES string of the molecule is O=[N+]([O-])c1cc2c(c(CN3CCC[C@@H]3C3CCCCC3)c1)OCOC2. The van der Waals surface area contributed by atoms with Crippen molar-refractivity contribution in [2.75, 3.05) is 13.3 Å². The van der Waals surface area contributed by atoms with Gasteiger partial charge in [-0.1, -0.05) is 19.3 Å². The van der Waals surface area contributed by atoms with Gasteiger partial charge in [0, 0.05) is 35.8 Å². The number of rotatable bonds is 4. The van der Waals surface area contributed by atoms with E-state index in [4.69, 9.17) is 9.47 Å². The van der Waals surface area contributed by atoms with Crippen LogP contribution in [0.4, 0.5) is 5.69 Å². The highest BCUT2D eigenvalue weighted by Crippen LogP contribution is 2.38. The van der Waals surface area contributed by atoms with E-state index in [2.05, 4.69) is 4.90 Å². The van der Waals surface area contributed by atoms with Gasteiger partial charge in [-0.05, 0) is 38.1 Å². The lowest BCUT2D eigenvalue weighted by Crippen LogP contribution is -2.36. The number of hydrogen-bond acceptors (Lipinski definition) is 5. The lowest BCUT2D eigenvalue weighted by molar-refractivity contribution is -0.385. The summed E-state index contributed by atoms with van der Waals surface area (Å²) in [5, 5.41) is 11.3. The Morgan fingerprint density at radius 2 is 2.00 bits per heavy atom. The summed E-state index contributed by atoms with van der Waals surface area (Å²) in [6.45, 7) is 2.43. The Bertz CT molecular complexity index is 643. The van der Waals surface area contributed by atoms with Crippen molar-refractivity contribution >= 4 is 5.69 Å². The van der Waals surface area contributed by atoms with Crippen molar-refractivity contribution in [1.82, 2.24) is 4.90 Å². The van der Waals surface area contributed by atoms with Gasteiger partial charge in [-0.25, -0.2) is 0 Å². The van der Waals surface area contributed by atoms with E-state index < -0.39 is 0 Å². The Morgan fingerprint density at radius 3 is 2.80 bits per heavy atom. The normalized spacial score (nSPS) is 24.7. The lowest BCUT2D eigenvalue weighted by atomic mass is 9.83. The first kappa shape index (κ1) is 16.8. The zero-order valence-corrected chi connectivity index (χ0v) is 14.6. The zero-order chi connectivity index (χ0) is 17.2. The van der Waals surface area contributed by atoms with Crippen LogP contribution in [0.2, 0.25) is 0 Å². The fraction of sp³-hybridized carbons (Fsp3) is 0.684. The first-order valence-electron chi connectivity index (χ1n) is 9.47. The van der Waals surface area contributed by atoms with E-state index in [1.807, 2.05) is 0 Å². The number of nitrogens with zero attached hydrogens (tertiary/aromatic N) is 2. The molecule has 0 bridgehead atoms. The average molecular weight is 346 g/mol. The molecule has 0 unspecified atom stereocenters. The van der Waals surface area contributed by atoms with Crippen molar-refractivity contribution in [1.29, 1.82) is 0 Å². The molecule has 2 heterocycles. The summed E-state index contributed by atoms with van der Waals surface area (Å²) in [6.07, 6.45) is 9.21. The van der Waals surface area contributed by atoms with E-state index in [-0.39, 0.29) is 17.4 Å². The first-order chi connectivity index (χ1) is 12.2. The van der Waals surface area contributed by atoms with Crippen molar-refractivity contribution in [2.45, 2.75) is 64.1 Å². The van der Waals surface area contributed by atoms with Crippen LogP contribution in [-0.2, 0) is 17.9 Å². The van der Waals surface area contributed by atoms with Gasteiger partial charge in [0.25, 0.3) is 5.69 Å². The largest absolute Gasteiger partial charge is 0.467 e. The van der Waals surface area contributed by atoms with Gasteiger partial charge in [-0.2, -0.15) is 0 Å². The minimum absolute atomic E-state index is 0.135. The molecule has 25 heavy (non-hydrogen) atoms. The molecule has 1 aromatic carbocycles. The van der Waals surface area contributed by atoms with Crippen molar-refractivity contribution in [2.24, 2.45) is 5.92 Å². The van der Waals surface area contributed by atoms with Gasteiger partial charge in [0.05, 0.1) is 11.5 Å². The Labute approximate surface area is 148 Å². The molecular weight excluding hydrogens is 320 g/mol. The average Bonchev–Trinajstić information content (AvgIpc) is 3.10. The molecule has 4 rings (SSSR count). The number of non-ortho nitro benzene ring substituents is 1. The third-order valence-electron chi connectivity index (χ3n) is 5.96. The molecule has 1 aromatic rings. The van der Waals surface area contributed by atoms with Crippen LogP contribution >= 0.6 is 0 Å². The molecule has 1 saturated carbocycles. The second kappa shape index (κ2) is 7.30. The van der Waals surface area contributed by atoms with Crippen LogP contribution in [0.15, 0.2) is 12.1 Å². The van der Waals surface area contributed by atoms with Crippen LogP contribution in [0.5, 0.6) is 5.75 Å². The maximum Gasteiger partial charge on any atom is 0.270 e. The van der Waals surface area contributed by atoms with Crippen molar-refractivity contribution in [3.63, 3.8) is 0 Å². The number of likely N-dealkylation sites (tertiary alicyclic amines) is 1. The highest BCUT2D eigenvalue weighted by atomic mass is 16.7. The molecule has 2 fully saturated rings. The lowest BCUT2D eigenvalue weighted by Gasteiger charge is -2.34. The highest BCUT2D eigenvalue weighted by molar-refractivity contribution is 5.50. The minimum atomic E-state index is -0.318. The van der Waals surface area contributed by atoms with Gasteiger partial charge >= 0.3 is 0 Å². The molecule has 1 aliphatic carbocycles. The van der Waals surface area contributed by atoms with E-state index in [1.165, 1.54) is 44.9 Å². The first-order valence-corrected chi connectivity index (χ1v) is 9.47. The molecule has 0 N–H and O–H groups in total. The maximum absolute atomic E-state index is 11.3. The summed E-state index contributed by atoms with van der Waals surface area (Å²) in [7, 11) is 0. The highest BCUT2D eigenvalue weighted by Gasteiger charge is 2.33. The second-order valence-corrected chi connectivity index (χ2v) is 7.54. The molecule has 0 aromatic heterocycles. The van der Waals surface area contributed by atoms with Gasteiger partial charge in [-0.15, -0.1) is 0 Å². The summed E-state index contributed by atoms with van der Waals surface area (Å²) in [5.41, 5.74) is 1.87. The van der Waals surface area contributed by atoms with E-state index in [9.17, 15) is 10.1 Å². The summed E-state index contributed by atoms with van der Waals surface area (Å²) >= 11 is 0. The zero-order valence-electron chi connectivity index (χ0n) is 14.6. The van der Waals surface area contributed by atoms with Crippen molar-refractivity contribution in [3.8, 4) is 5.75 Å². The minimum Gasteiger partial charge on any atom is -0.467 e. The van der Waals surface area contributed by atoms with Crippen LogP contribution in [0.3, 0.4) is 0 Å². The number of benzene rings is 1. The molecule has 3 aliphatic rings. The number of hydrogen-bond donors (Lipinski definition) is 0. The van der Waals surface area contributed by atoms with Crippen LogP contribution in [0, 0.1) is 16.0 Å².